The fourth-order valence-corrected chi connectivity index (χ4v) is 1.17. The second-order valence-corrected chi connectivity index (χ2v) is 2.55. The Hall–Kier alpha value is -1.41. The maximum absolute atomic E-state index is 8.41. The first-order chi connectivity index (χ1) is 5.90. The molecule has 0 saturated heterocycles. The molecule has 5 heteroatoms. The van der Waals surface area contributed by atoms with Gasteiger partial charge in [-0.2, -0.15) is 10.4 Å². The zero-order valence-electron chi connectivity index (χ0n) is 6.53. The van der Waals surface area contributed by atoms with Crippen molar-refractivity contribution in [2.45, 2.75) is 19.6 Å². The second kappa shape index (κ2) is 2.91. The Morgan fingerprint density at radius 3 is 3.33 bits per heavy atom. The van der Waals surface area contributed by atoms with Crippen molar-refractivity contribution >= 4 is 0 Å². The Morgan fingerprint density at radius 2 is 2.58 bits per heavy atom. The van der Waals surface area contributed by atoms with Gasteiger partial charge in [0.05, 0.1) is 25.6 Å². The summed E-state index contributed by atoms with van der Waals surface area (Å²) in [6.07, 6.45) is 0.278. The van der Waals surface area contributed by atoms with Crippen LogP contribution in [0.5, 0.6) is 0 Å². The Labute approximate surface area is 69.6 Å². The van der Waals surface area contributed by atoms with E-state index in [1.807, 2.05) is 6.07 Å². The summed E-state index contributed by atoms with van der Waals surface area (Å²) in [6.45, 7) is 1.94. The lowest BCUT2D eigenvalue weighted by Crippen LogP contribution is -2.17. The number of aromatic nitrogens is 3. The van der Waals surface area contributed by atoms with Crippen molar-refractivity contribution < 1.29 is 4.74 Å². The third kappa shape index (κ3) is 1.17. The van der Waals surface area contributed by atoms with E-state index in [9.17, 15) is 0 Å². The first kappa shape index (κ1) is 7.25. The van der Waals surface area contributed by atoms with E-state index in [0.717, 1.165) is 12.4 Å². The van der Waals surface area contributed by atoms with Crippen molar-refractivity contribution in [2.75, 3.05) is 6.61 Å². The molecule has 0 amide bonds. The van der Waals surface area contributed by atoms with E-state index in [0.29, 0.717) is 19.0 Å². The van der Waals surface area contributed by atoms with E-state index in [1.165, 1.54) is 0 Å². The molecular formula is C7H8N4O. The van der Waals surface area contributed by atoms with Crippen molar-refractivity contribution in [2.24, 2.45) is 0 Å². The van der Waals surface area contributed by atoms with Crippen LogP contribution in [0.15, 0.2) is 0 Å². The molecule has 0 N–H and O–H groups in total. The van der Waals surface area contributed by atoms with Gasteiger partial charge in [0, 0.05) is 0 Å². The number of fused-ring (bicyclic) bond motifs is 1. The van der Waals surface area contributed by atoms with Crippen LogP contribution in [-0.2, 0) is 24.3 Å². The van der Waals surface area contributed by atoms with Gasteiger partial charge in [-0.05, 0) is 0 Å². The Balaban J connectivity index is 2.27. The number of nitrogens with zero attached hydrogens (tertiary/aromatic N) is 4. The summed E-state index contributed by atoms with van der Waals surface area (Å²) >= 11 is 0. The molecule has 0 bridgehead atoms. The largest absolute Gasteiger partial charge is 0.372 e. The summed E-state index contributed by atoms with van der Waals surface area (Å²) < 4.78 is 6.98. The number of ether oxygens (including phenoxy) is 1. The van der Waals surface area contributed by atoms with Crippen LogP contribution in [0.25, 0.3) is 0 Å². The van der Waals surface area contributed by atoms with Crippen molar-refractivity contribution in [3.05, 3.63) is 11.6 Å². The molecule has 1 aromatic heterocycles. The number of hydrogen-bond acceptors (Lipinski definition) is 4. The average molecular weight is 164 g/mol. The lowest BCUT2D eigenvalue weighted by atomic mass is 10.4. The highest BCUT2D eigenvalue weighted by atomic mass is 16.5. The van der Waals surface area contributed by atoms with E-state index in [2.05, 4.69) is 10.1 Å². The first-order valence-corrected chi connectivity index (χ1v) is 3.77. The Bertz CT molecular complexity index is 301. The molecule has 1 aliphatic heterocycles. The highest BCUT2D eigenvalue weighted by molar-refractivity contribution is 4.98. The highest BCUT2D eigenvalue weighted by Gasteiger charge is 2.13. The van der Waals surface area contributed by atoms with Gasteiger partial charge in [-0.15, -0.1) is 0 Å². The van der Waals surface area contributed by atoms with Crippen LogP contribution < -0.4 is 0 Å². The molecule has 0 spiro atoms. The predicted octanol–water partition coefficient (Wildman–Crippen LogP) is -0.126. The van der Waals surface area contributed by atoms with Crippen LogP contribution >= 0.6 is 0 Å². The molecule has 5 nitrogen and oxygen atoms in total. The number of nitriles is 1. The molecule has 0 radical (unpaired) electrons. The van der Waals surface area contributed by atoms with Crippen LogP contribution in [0.4, 0.5) is 0 Å². The summed E-state index contributed by atoms with van der Waals surface area (Å²) in [6, 6.07) is 2.01. The molecule has 12 heavy (non-hydrogen) atoms. The Morgan fingerprint density at radius 1 is 1.67 bits per heavy atom. The van der Waals surface area contributed by atoms with Crippen molar-refractivity contribution in [3.63, 3.8) is 0 Å². The lowest BCUT2D eigenvalue weighted by molar-refractivity contribution is 0.0769. The van der Waals surface area contributed by atoms with Crippen molar-refractivity contribution in [3.8, 4) is 6.07 Å². The summed E-state index contributed by atoms with van der Waals surface area (Å²) in [4.78, 5) is 4.14. The molecule has 62 valence electrons. The first-order valence-electron chi connectivity index (χ1n) is 3.77. The van der Waals surface area contributed by atoms with Gasteiger partial charge in [0.2, 0.25) is 0 Å². The predicted molar refractivity (Wildman–Crippen MR) is 39.0 cm³/mol. The van der Waals surface area contributed by atoms with Crippen LogP contribution in [0.3, 0.4) is 0 Å². The summed E-state index contributed by atoms with van der Waals surface area (Å²) in [5.74, 6) is 1.42. The van der Waals surface area contributed by atoms with E-state index < -0.39 is 0 Å². The average Bonchev–Trinajstić information content (AvgIpc) is 2.47. The minimum Gasteiger partial charge on any atom is -0.372 e. The van der Waals surface area contributed by atoms with Gasteiger partial charge in [-0.25, -0.2) is 9.67 Å². The van der Waals surface area contributed by atoms with Crippen LogP contribution in [0, 0.1) is 11.3 Å². The molecule has 0 atom stereocenters. The van der Waals surface area contributed by atoms with Gasteiger partial charge in [0.25, 0.3) is 0 Å². The topological polar surface area (TPSA) is 63.7 Å². The molecule has 2 heterocycles. The molecule has 0 unspecified atom stereocenters. The molecule has 2 rings (SSSR count). The van der Waals surface area contributed by atoms with Gasteiger partial charge >= 0.3 is 0 Å². The SMILES string of the molecule is N#CCc1nc2n(n1)CCOC2. The number of hydrogen-bond donors (Lipinski definition) is 0. The quantitative estimate of drug-likeness (QED) is 0.580. The monoisotopic (exact) mass is 164 g/mol. The lowest BCUT2D eigenvalue weighted by Gasteiger charge is -2.11. The molecule has 0 fully saturated rings. The van der Waals surface area contributed by atoms with E-state index >= 15 is 0 Å². The molecule has 0 aromatic carbocycles. The maximum Gasteiger partial charge on any atom is 0.165 e. The molecular weight excluding hydrogens is 156 g/mol. The van der Waals surface area contributed by atoms with E-state index in [-0.39, 0.29) is 6.42 Å². The van der Waals surface area contributed by atoms with Crippen LogP contribution in [0.1, 0.15) is 11.6 Å². The van der Waals surface area contributed by atoms with E-state index in [1.54, 1.807) is 4.68 Å². The second-order valence-electron chi connectivity index (χ2n) is 2.55. The van der Waals surface area contributed by atoms with Crippen molar-refractivity contribution in [1.82, 2.24) is 14.8 Å². The summed E-state index contributed by atoms with van der Waals surface area (Å²) in [5, 5.41) is 12.6. The van der Waals surface area contributed by atoms with Crippen LogP contribution in [-0.4, -0.2) is 21.4 Å². The van der Waals surface area contributed by atoms with E-state index in [4.69, 9.17) is 10.00 Å². The smallest absolute Gasteiger partial charge is 0.165 e. The van der Waals surface area contributed by atoms with Crippen LogP contribution in [0.2, 0.25) is 0 Å². The van der Waals surface area contributed by atoms with Gasteiger partial charge in [0.1, 0.15) is 6.61 Å². The fraction of sp³-hybridized carbons (Fsp3) is 0.571. The zero-order valence-corrected chi connectivity index (χ0v) is 6.53. The van der Waals surface area contributed by atoms with Gasteiger partial charge in [-0.1, -0.05) is 0 Å². The normalized spacial score (nSPS) is 15.2. The van der Waals surface area contributed by atoms with Gasteiger partial charge in [0.15, 0.2) is 11.6 Å². The zero-order chi connectivity index (χ0) is 8.39. The fourth-order valence-electron chi connectivity index (χ4n) is 1.17. The third-order valence-electron chi connectivity index (χ3n) is 1.71. The summed E-state index contributed by atoms with van der Waals surface area (Å²) in [5.41, 5.74) is 0. The molecule has 1 aromatic rings. The minimum absolute atomic E-state index is 0.278. The molecule has 1 aliphatic rings. The van der Waals surface area contributed by atoms with Gasteiger partial charge in [-0.3, -0.25) is 0 Å². The summed E-state index contributed by atoms with van der Waals surface area (Å²) in [7, 11) is 0. The highest BCUT2D eigenvalue weighted by Crippen LogP contribution is 2.06. The van der Waals surface area contributed by atoms with Gasteiger partial charge < -0.3 is 4.74 Å². The maximum atomic E-state index is 8.41. The third-order valence-corrected chi connectivity index (χ3v) is 1.71. The molecule has 0 aliphatic carbocycles. The standard InChI is InChI=1S/C7H8N4O/c8-2-1-6-9-7-5-12-4-3-11(7)10-6/h1,3-5H2. The minimum atomic E-state index is 0.278. The Kier molecular flexibility index (Phi) is 1.76. The number of rotatable bonds is 1. The van der Waals surface area contributed by atoms with Crippen molar-refractivity contribution in [1.29, 1.82) is 5.26 Å². The molecule has 0 saturated carbocycles.